The first kappa shape index (κ1) is 17.3. The van der Waals surface area contributed by atoms with Gasteiger partial charge in [-0.05, 0) is 43.0 Å². The maximum Gasteiger partial charge on any atom is 0.573 e. The summed E-state index contributed by atoms with van der Waals surface area (Å²) in [4.78, 5) is 17.1. The first-order valence-electron chi connectivity index (χ1n) is 7.98. The zero-order valence-corrected chi connectivity index (χ0v) is 14.0. The predicted molar refractivity (Wildman–Crippen MR) is 85.1 cm³/mol. The van der Waals surface area contributed by atoms with Crippen molar-refractivity contribution in [2.45, 2.75) is 37.1 Å². The second kappa shape index (κ2) is 7.13. The van der Waals surface area contributed by atoms with Gasteiger partial charge in [-0.25, -0.2) is 4.79 Å². The van der Waals surface area contributed by atoms with Crippen molar-refractivity contribution < 1.29 is 22.7 Å². The van der Waals surface area contributed by atoms with Gasteiger partial charge >= 0.3 is 12.4 Å². The Hall–Kier alpha value is -1.57. The summed E-state index contributed by atoms with van der Waals surface area (Å²) in [6, 6.07) is 4.32. The van der Waals surface area contributed by atoms with Crippen LogP contribution in [0.2, 0.25) is 0 Å². The molecule has 1 aromatic carbocycles. The van der Waals surface area contributed by atoms with E-state index >= 15 is 0 Å². The Morgan fingerprint density at radius 2 is 1.83 bits per heavy atom. The molecule has 0 saturated carbocycles. The Labute approximate surface area is 142 Å². The molecule has 0 spiro atoms. The molecule has 8 heteroatoms. The maximum absolute atomic E-state index is 12.7. The van der Waals surface area contributed by atoms with E-state index in [1.165, 1.54) is 12.1 Å². The van der Waals surface area contributed by atoms with E-state index < -0.39 is 6.36 Å². The molecule has 2 heterocycles. The van der Waals surface area contributed by atoms with Crippen LogP contribution in [-0.4, -0.2) is 47.6 Å². The fraction of sp³-hybridized carbons (Fsp3) is 0.562. The highest BCUT2D eigenvalue weighted by molar-refractivity contribution is 7.99. The second-order valence-electron chi connectivity index (χ2n) is 5.92. The molecule has 0 N–H and O–H groups in total. The number of hydrogen-bond acceptors (Lipinski definition) is 3. The summed E-state index contributed by atoms with van der Waals surface area (Å²) in [6.07, 6.45) is -1.56. The molecule has 2 amide bonds. The van der Waals surface area contributed by atoms with Gasteiger partial charge in [-0.3, -0.25) is 0 Å². The number of halogens is 3. The fourth-order valence-corrected chi connectivity index (χ4v) is 4.02. The van der Waals surface area contributed by atoms with Crippen molar-refractivity contribution in [1.29, 1.82) is 0 Å². The van der Waals surface area contributed by atoms with Crippen LogP contribution in [0.1, 0.15) is 24.8 Å². The van der Waals surface area contributed by atoms with Crippen molar-refractivity contribution in [1.82, 2.24) is 9.80 Å². The van der Waals surface area contributed by atoms with Gasteiger partial charge in [0.05, 0.1) is 0 Å². The van der Waals surface area contributed by atoms with Gasteiger partial charge in [-0.2, -0.15) is 0 Å². The zero-order chi connectivity index (χ0) is 17.2. The standard InChI is InChI=1S/C16H19F3N2O2S/c17-16(18,19)23-13-4-5-14-12(10-13)11-21(8-9-24-14)15(22)20-6-2-1-3-7-20/h4-5,10H,1-3,6-9,11H2. The molecule has 0 aliphatic carbocycles. The molecule has 3 rings (SSSR count). The third-order valence-corrected chi connectivity index (χ3v) is 5.24. The minimum Gasteiger partial charge on any atom is -0.406 e. The van der Waals surface area contributed by atoms with Gasteiger partial charge in [0.25, 0.3) is 0 Å². The highest BCUT2D eigenvalue weighted by atomic mass is 32.2. The van der Waals surface area contributed by atoms with Gasteiger partial charge < -0.3 is 14.5 Å². The van der Waals surface area contributed by atoms with Crippen LogP contribution in [-0.2, 0) is 6.54 Å². The van der Waals surface area contributed by atoms with Crippen molar-refractivity contribution >= 4 is 17.8 Å². The summed E-state index contributed by atoms with van der Waals surface area (Å²) in [7, 11) is 0. The van der Waals surface area contributed by atoms with Crippen LogP contribution in [0.25, 0.3) is 0 Å². The molecule has 2 aliphatic rings. The number of urea groups is 1. The van der Waals surface area contributed by atoms with Crippen LogP contribution in [0.4, 0.5) is 18.0 Å². The summed E-state index contributed by atoms with van der Waals surface area (Å²) in [5.41, 5.74) is 0.699. The number of piperidine rings is 1. The number of hydrogen-bond donors (Lipinski definition) is 0. The predicted octanol–water partition coefficient (Wildman–Crippen LogP) is 4.10. The van der Waals surface area contributed by atoms with E-state index in [0.717, 1.165) is 43.0 Å². The average Bonchev–Trinajstić information content (AvgIpc) is 2.75. The number of amides is 2. The minimum atomic E-state index is -4.71. The van der Waals surface area contributed by atoms with Crippen LogP contribution >= 0.6 is 11.8 Å². The van der Waals surface area contributed by atoms with E-state index in [4.69, 9.17) is 0 Å². The van der Waals surface area contributed by atoms with Crippen molar-refractivity contribution in [2.75, 3.05) is 25.4 Å². The summed E-state index contributed by atoms with van der Waals surface area (Å²) in [6.45, 7) is 2.41. The first-order chi connectivity index (χ1) is 11.4. The van der Waals surface area contributed by atoms with E-state index in [1.54, 1.807) is 22.7 Å². The van der Waals surface area contributed by atoms with E-state index in [2.05, 4.69) is 4.74 Å². The largest absolute Gasteiger partial charge is 0.573 e. The molecule has 2 aliphatic heterocycles. The maximum atomic E-state index is 12.7. The quantitative estimate of drug-likeness (QED) is 0.756. The van der Waals surface area contributed by atoms with Gasteiger partial charge in [0.1, 0.15) is 5.75 Å². The number of benzene rings is 1. The highest BCUT2D eigenvalue weighted by Crippen LogP contribution is 2.33. The van der Waals surface area contributed by atoms with Crippen molar-refractivity contribution in [2.24, 2.45) is 0 Å². The molecule has 0 aromatic heterocycles. The number of carbonyl (C=O) groups excluding carboxylic acids is 1. The first-order valence-corrected chi connectivity index (χ1v) is 8.96. The summed E-state index contributed by atoms with van der Waals surface area (Å²) < 4.78 is 41.2. The SMILES string of the molecule is O=C(N1CCCCC1)N1CCSc2ccc(OC(F)(F)F)cc2C1. The van der Waals surface area contributed by atoms with Crippen LogP contribution in [0.15, 0.2) is 23.1 Å². The Morgan fingerprint density at radius 1 is 1.08 bits per heavy atom. The van der Waals surface area contributed by atoms with E-state index in [1.807, 2.05) is 4.90 Å². The number of thioether (sulfide) groups is 1. The molecule has 4 nitrogen and oxygen atoms in total. The number of rotatable bonds is 1. The van der Waals surface area contributed by atoms with Crippen LogP contribution < -0.4 is 4.74 Å². The Morgan fingerprint density at radius 3 is 2.54 bits per heavy atom. The average molecular weight is 360 g/mol. The Bertz CT molecular complexity index is 603. The number of nitrogens with zero attached hydrogens (tertiary/aromatic N) is 2. The van der Waals surface area contributed by atoms with Crippen molar-refractivity contribution in [3.63, 3.8) is 0 Å². The second-order valence-corrected chi connectivity index (χ2v) is 7.05. The normalized spacial score (nSPS) is 18.8. The van der Waals surface area contributed by atoms with Gasteiger partial charge in [0, 0.05) is 36.8 Å². The van der Waals surface area contributed by atoms with Crippen molar-refractivity contribution in [3.05, 3.63) is 23.8 Å². The fourth-order valence-electron chi connectivity index (χ4n) is 3.02. The Balaban J connectivity index is 1.75. The molecule has 0 radical (unpaired) electrons. The third-order valence-electron chi connectivity index (χ3n) is 4.14. The molecular weight excluding hydrogens is 341 g/mol. The van der Waals surface area contributed by atoms with Gasteiger partial charge in [0.15, 0.2) is 0 Å². The summed E-state index contributed by atoms with van der Waals surface area (Å²) >= 11 is 1.55. The van der Waals surface area contributed by atoms with E-state index in [-0.39, 0.29) is 11.8 Å². The number of carbonyl (C=O) groups is 1. The van der Waals surface area contributed by atoms with E-state index in [9.17, 15) is 18.0 Å². The van der Waals surface area contributed by atoms with Crippen molar-refractivity contribution in [3.8, 4) is 5.75 Å². The third kappa shape index (κ3) is 4.28. The van der Waals surface area contributed by atoms with Gasteiger partial charge in [0.2, 0.25) is 0 Å². The molecule has 132 valence electrons. The molecule has 0 atom stereocenters. The molecule has 1 saturated heterocycles. The minimum absolute atomic E-state index is 0.0229. The molecule has 0 unspecified atom stereocenters. The number of alkyl halides is 3. The monoisotopic (exact) mass is 360 g/mol. The van der Waals surface area contributed by atoms with Crippen LogP contribution in [0.5, 0.6) is 5.75 Å². The number of ether oxygens (including phenoxy) is 1. The topological polar surface area (TPSA) is 32.8 Å². The van der Waals surface area contributed by atoms with E-state index in [0.29, 0.717) is 18.7 Å². The lowest BCUT2D eigenvalue weighted by Crippen LogP contribution is -2.45. The lowest BCUT2D eigenvalue weighted by atomic mass is 10.1. The van der Waals surface area contributed by atoms with Crippen LogP contribution in [0, 0.1) is 0 Å². The van der Waals surface area contributed by atoms with Crippen LogP contribution in [0.3, 0.4) is 0 Å². The molecule has 1 fully saturated rings. The zero-order valence-electron chi connectivity index (χ0n) is 13.1. The van der Waals surface area contributed by atoms with Gasteiger partial charge in [-0.15, -0.1) is 24.9 Å². The molecule has 1 aromatic rings. The lowest BCUT2D eigenvalue weighted by molar-refractivity contribution is -0.274. The highest BCUT2D eigenvalue weighted by Gasteiger charge is 2.32. The lowest BCUT2D eigenvalue weighted by Gasteiger charge is -2.32. The summed E-state index contributed by atoms with van der Waals surface area (Å²) in [5.74, 6) is 0.487. The summed E-state index contributed by atoms with van der Waals surface area (Å²) in [5, 5.41) is 0. The number of fused-ring (bicyclic) bond motifs is 1. The molecule has 0 bridgehead atoms. The molecular formula is C16H19F3N2O2S. The molecule has 24 heavy (non-hydrogen) atoms. The smallest absolute Gasteiger partial charge is 0.406 e. The number of likely N-dealkylation sites (tertiary alicyclic amines) is 1. The van der Waals surface area contributed by atoms with Gasteiger partial charge in [-0.1, -0.05) is 0 Å². The Kier molecular flexibility index (Phi) is 5.12.